The minimum Gasteiger partial charge on any atom is -0.337 e. The second-order valence-corrected chi connectivity index (χ2v) is 11.4. The zero-order valence-corrected chi connectivity index (χ0v) is 20.9. The molecule has 1 amide bonds. The number of aromatic nitrogens is 2. The van der Waals surface area contributed by atoms with Crippen molar-refractivity contribution in [3.8, 4) is 11.4 Å². The molecule has 2 aromatic carbocycles. The highest BCUT2D eigenvalue weighted by atomic mass is 32.2. The molecule has 2 atom stereocenters. The quantitative estimate of drug-likeness (QED) is 0.529. The number of piperidine rings is 1. The molecule has 5 rings (SSSR count). The van der Waals surface area contributed by atoms with E-state index in [1.54, 1.807) is 24.3 Å². The summed E-state index contributed by atoms with van der Waals surface area (Å²) in [4.78, 5) is 20.3. The van der Waals surface area contributed by atoms with Gasteiger partial charge in [-0.05, 0) is 57.2 Å². The molecule has 3 aromatic rings. The molecule has 184 valence electrons. The zero-order chi connectivity index (χ0) is 24.6. The average molecular weight is 495 g/mol. The van der Waals surface area contributed by atoms with Gasteiger partial charge in [0.2, 0.25) is 27.6 Å². The Morgan fingerprint density at radius 3 is 2.51 bits per heavy atom. The van der Waals surface area contributed by atoms with Crippen molar-refractivity contribution in [1.29, 1.82) is 0 Å². The van der Waals surface area contributed by atoms with Crippen LogP contribution in [0, 0.1) is 19.8 Å². The molecule has 2 saturated heterocycles. The lowest BCUT2D eigenvalue weighted by Crippen LogP contribution is -2.46. The summed E-state index contributed by atoms with van der Waals surface area (Å²) < 4.78 is 33.5. The van der Waals surface area contributed by atoms with Gasteiger partial charge in [0.25, 0.3) is 0 Å². The van der Waals surface area contributed by atoms with E-state index in [4.69, 9.17) is 4.52 Å². The fourth-order valence-electron chi connectivity index (χ4n) is 5.05. The van der Waals surface area contributed by atoms with Crippen molar-refractivity contribution in [3.05, 3.63) is 65.5 Å². The summed E-state index contributed by atoms with van der Waals surface area (Å²) in [5.74, 6) is 0.537. The first kappa shape index (κ1) is 23.7. The zero-order valence-electron chi connectivity index (χ0n) is 20.1. The van der Waals surface area contributed by atoms with Gasteiger partial charge in [-0.15, -0.1) is 0 Å². The van der Waals surface area contributed by atoms with Gasteiger partial charge in [0, 0.05) is 25.2 Å². The van der Waals surface area contributed by atoms with Gasteiger partial charge in [0.05, 0.1) is 10.8 Å². The second-order valence-electron chi connectivity index (χ2n) is 9.48. The number of benzene rings is 2. The molecule has 2 aliphatic heterocycles. The number of hydrogen-bond donors (Lipinski definition) is 0. The van der Waals surface area contributed by atoms with Crippen molar-refractivity contribution >= 4 is 15.9 Å². The molecule has 35 heavy (non-hydrogen) atoms. The van der Waals surface area contributed by atoms with Crippen LogP contribution in [0.25, 0.3) is 11.4 Å². The van der Waals surface area contributed by atoms with E-state index < -0.39 is 10.0 Å². The van der Waals surface area contributed by atoms with Crippen LogP contribution in [0.4, 0.5) is 0 Å². The minimum atomic E-state index is -3.64. The molecule has 3 heterocycles. The summed E-state index contributed by atoms with van der Waals surface area (Å²) >= 11 is 0. The Hall–Kier alpha value is -3.04. The topological polar surface area (TPSA) is 96.6 Å². The van der Waals surface area contributed by atoms with Crippen LogP contribution in [0.15, 0.2) is 57.9 Å². The SMILES string of the molecule is Cc1ccc(S(=O)(=O)N2CCC[C@@H](C(=O)N3CCC[C@H]3c3nc(-c4ccccc4C)no3)C2)cc1. The van der Waals surface area contributed by atoms with Crippen molar-refractivity contribution in [3.63, 3.8) is 0 Å². The predicted octanol–water partition coefficient (Wildman–Crippen LogP) is 4.12. The predicted molar refractivity (Wildman–Crippen MR) is 131 cm³/mol. The fraction of sp³-hybridized carbons (Fsp3) is 0.423. The maximum absolute atomic E-state index is 13.6. The standard InChI is InChI=1S/C26H30N4O4S/c1-18-11-13-21(14-12-18)35(32,33)29-15-5-8-20(17-29)26(31)30-16-6-10-23(30)25-27-24(28-34-25)22-9-4-3-7-19(22)2/h3-4,7,9,11-14,20,23H,5-6,8,10,15-17H2,1-2H3/t20-,23+/m1/s1. The number of aryl methyl sites for hydroxylation is 2. The maximum Gasteiger partial charge on any atom is 0.249 e. The average Bonchev–Trinajstić information content (AvgIpc) is 3.54. The van der Waals surface area contributed by atoms with E-state index in [2.05, 4.69) is 10.1 Å². The largest absolute Gasteiger partial charge is 0.337 e. The van der Waals surface area contributed by atoms with Gasteiger partial charge in [-0.3, -0.25) is 4.79 Å². The first-order valence-electron chi connectivity index (χ1n) is 12.1. The lowest BCUT2D eigenvalue weighted by atomic mass is 9.97. The van der Waals surface area contributed by atoms with Crippen molar-refractivity contribution in [2.45, 2.75) is 50.5 Å². The van der Waals surface area contributed by atoms with Gasteiger partial charge in [0.1, 0.15) is 6.04 Å². The van der Waals surface area contributed by atoms with Crippen LogP contribution in [0.2, 0.25) is 0 Å². The van der Waals surface area contributed by atoms with Crippen molar-refractivity contribution < 1.29 is 17.7 Å². The third kappa shape index (κ3) is 4.62. The molecule has 1 aromatic heterocycles. The van der Waals surface area contributed by atoms with Gasteiger partial charge in [-0.2, -0.15) is 9.29 Å². The Bertz CT molecular complexity index is 1320. The molecule has 0 N–H and O–H groups in total. The van der Waals surface area contributed by atoms with E-state index in [0.29, 0.717) is 37.6 Å². The summed E-state index contributed by atoms with van der Waals surface area (Å²) in [6, 6.07) is 14.4. The van der Waals surface area contributed by atoms with Crippen LogP contribution in [0.3, 0.4) is 0 Å². The van der Waals surface area contributed by atoms with Gasteiger partial charge in [0.15, 0.2) is 0 Å². The third-order valence-corrected chi connectivity index (χ3v) is 8.92. The molecule has 2 aliphatic rings. The molecule has 0 saturated carbocycles. The van der Waals surface area contributed by atoms with E-state index in [1.807, 2.05) is 43.0 Å². The highest BCUT2D eigenvalue weighted by Crippen LogP contribution is 2.35. The van der Waals surface area contributed by atoms with Crippen molar-refractivity contribution in [2.24, 2.45) is 5.92 Å². The Kier molecular flexibility index (Phi) is 6.46. The van der Waals surface area contributed by atoms with Crippen LogP contribution in [0.5, 0.6) is 0 Å². The molecule has 2 fully saturated rings. The molecule has 0 aliphatic carbocycles. The normalized spacial score (nSPS) is 21.4. The Balaban J connectivity index is 1.32. The van der Waals surface area contributed by atoms with Crippen LogP contribution >= 0.6 is 0 Å². The lowest BCUT2D eigenvalue weighted by Gasteiger charge is -2.34. The number of likely N-dealkylation sites (tertiary alicyclic amines) is 1. The molecule has 0 spiro atoms. The fourth-order valence-corrected chi connectivity index (χ4v) is 6.57. The van der Waals surface area contributed by atoms with Crippen LogP contribution < -0.4 is 0 Å². The smallest absolute Gasteiger partial charge is 0.249 e. The van der Waals surface area contributed by atoms with E-state index >= 15 is 0 Å². The highest BCUT2D eigenvalue weighted by Gasteiger charge is 2.40. The number of nitrogens with zero attached hydrogens (tertiary/aromatic N) is 4. The maximum atomic E-state index is 13.6. The van der Waals surface area contributed by atoms with Crippen molar-refractivity contribution in [2.75, 3.05) is 19.6 Å². The summed E-state index contributed by atoms with van der Waals surface area (Å²) in [5.41, 5.74) is 2.96. The van der Waals surface area contributed by atoms with E-state index in [9.17, 15) is 13.2 Å². The van der Waals surface area contributed by atoms with Crippen LogP contribution in [-0.2, 0) is 14.8 Å². The lowest BCUT2D eigenvalue weighted by molar-refractivity contribution is -0.138. The minimum absolute atomic E-state index is 0.0352. The Morgan fingerprint density at radius 1 is 1.00 bits per heavy atom. The Morgan fingerprint density at radius 2 is 1.74 bits per heavy atom. The molecule has 8 nitrogen and oxygen atoms in total. The molecular weight excluding hydrogens is 464 g/mol. The second kappa shape index (κ2) is 9.54. The van der Waals surface area contributed by atoms with E-state index in [-0.39, 0.29) is 29.3 Å². The number of sulfonamides is 1. The van der Waals surface area contributed by atoms with Crippen LogP contribution in [-0.4, -0.2) is 53.3 Å². The van der Waals surface area contributed by atoms with Gasteiger partial charge in [-0.25, -0.2) is 8.42 Å². The molecule has 0 bridgehead atoms. The summed E-state index contributed by atoms with van der Waals surface area (Å²) in [7, 11) is -3.64. The first-order chi connectivity index (χ1) is 16.8. The van der Waals surface area contributed by atoms with Gasteiger partial charge in [-0.1, -0.05) is 47.1 Å². The van der Waals surface area contributed by atoms with E-state index in [0.717, 1.165) is 29.5 Å². The molecule has 0 radical (unpaired) electrons. The molecule has 9 heteroatoms. The number of carbonyl (C=O) groups excluding carboxylic acids is 1. The third-order valence-electron chi connectivity index (χ3n) is 7.04. The highest BCUT2D eigenvalue weighted by molar-refractivity contribution is 7.89. The number of hydrogen-bond acceptors (Lipinski definition) is 6. The van der Waals surface area contributed by atoms with E-state index in [1.165, 1.54) is 4.31 Å². The monoisotopic (exact) mass is 494 g/mol. The summed E-state index contributed by atoms with van der Waals surface area (Å²) in [5, 5.41) is 4.17. The summed E-state index contributed by atoms with van der Waals surface area (Å²) in [6.07, 6.45) is 2.91. The van der Waals surface area contributed by atoms with Gasteiger partial charge >= 0.3 is 0 Å². The first-order valence-corrected chi connectivity index (χ1v) is 13.6. The molecular formula is C26H30N4O4S. The van der Waals surface area contributed by atoms with Gasteiger partial charge < -0.3 is 9.42 Å². The number of rotatable bonds is 5. The summed E-state index contributed by atoms with van der Waals surface area (Å²) in [6.45, 7) is 5.14. The van der Waals surface area contributed by atoms with Crippen molar-refractivity contribution in [1.82, 2.24) is 19.3 Å². The van der Waals surface area contributed by atoms with Crippen LogP contribution in [0.1, 0.15) is 48.7 Å². The number of amides is 1. The molecule has 0 unspecified atom stereocenters. The number of carbonyl (C=O) groups is 1. The Labute approximate surface area is 206 Å².